The van der Waals surface area contributed by atoms with Gasteiger partial charge < -0.3 is 4.52 Å². The highest BCUT2D eigenvalue weighted by Gasteiger charge is 2.31. The molecule has 18 heavy (non-hydrogen) atoms. The maximum Gasteiger partial charge on any atom is 0.329 e. The largest absolute Gasteiger partial charge is 0.451 e. The Kier molecular flexibility index (Phi) is 5.10. The Hall–Kier alpha value is -1.61. The van der Waals surface area contributed by atoms with Gasteiger partial charge in [0.25, 0.3) is 0 Å². The number of carbonyl (C=O) groups excluding carboxylic acids is 2. The number of carbonyl (C=O) groups is 2. The van der Waals surface area contributed by atoms with Gasteiger partial charge in [0.1, 0.15) is 19.9 Å². The first-order valence-corrected chi connectivity index (χ1v) is 5.65. The first-order chi connectivity index (χ1) is 8.47. The van der Waals surface area contributed by atoms with Gasteiger partial charge in [-0.2, -0.15) is 0 Å². The molecule has 0 amide bonds. The highest BCUT2D eigenvalue weighted by atomic mass is 31.0. The lowest BCUT2D eigenvalue weighted by Crippen LogP contribution is -2.29. The van der Waals surface area contributed by atoms with E-state index in [1.807, 2.05) is 0 Å². The summed E-state index contributed by atoms with van der Waals surface area (Å²) in [6.45, 7) is 0. The van der Waals surface area contributed by atoms with Crippen LogP contribution in [-0.2, 0) is 9.32 Å². The second kappa shape index (κ2) is 6.36. The molecule has 0 aromatic heterocycles. The van der Waals surface area contributed by atoms with Crippen LogP contribution in [0, 0.1) is 11.7 Å². The van der Waals surface area contributed by atoms with Crippen molar-refractivity contribution in [2.75, 3.05) is 14.1 Å². The van der Waals surface area contributed by atoms with Crippen LogP contribution in [0.1, 0.15) is 10.4 Å². The molecule has 0 saturated carbocycles. The molecular weight excluding hydrogens is 256 g/mol. The molecule has 2 unspecified atom stereocenters. The fraction of sp³-hybridized carbons (Fsp3) is 0.250. The maximum atomic E-state index is 13.5. The number of Topliss-reactive ketones (excluding diaryl/α,β-unsaturated/α-hetero) is 1. The maximum absolute atomic E-state index is 13.5. The van der Waals surface area contributed by atoms with Gasteiger partial charge in [-0.3, -0.25) is 9.59 Å². The average Bonchev–Trinajstić information content (AvgIpc) is 2.34. The van der Waals surface area contributed by atoms with Gasteiger partial charge in [0.05, 0.1) is 15.0 Å². The molecule has 2 atom stereocenters. The van der Waals surface area contributed by atoms with Crippen LogP contribution in [-0.4, -0.2) is 36.6 Å². The van der Waals surface area contributed by atoms with E-state index in [4.69, 9.17) is 0 Å². The third-order valence-corrected chi connectivity index (χ3v) is 2.47. The Labute approximate surface area is 107 Å². The molecule has 0 aliphatic heterocycles. The highest BCUT2D eigenvalue weighted by molar-refractivity contribution is 7.10. The van der Waals surface area contributed by atoms with E-state index in [0.717, 1.165) is 0 Å². The number of nitrogens with zero attached hydrogens (tertiary/aromatic N) is 1. The lowest BCUT2D eigenvalue weighted by atomic mass is 9.98. The molecule has 0 saturated heterocycles. The van der Waals surface area contributed by atoms with E-state index >= 15 is 0 Å². The topological polar surface area (TPSA) is 46.4 Å². The number of ketones is 1. The molecule has 0 fully saturated rings. The molecule has 96 valence electrons. The molecule has 0 aliphatic carbocycles. The Bertz CT molecular complexity index is 498. The molecule has 1 aromatic rings. The summed E-state index contributed by atoms with van der Waals surface area (Å²) >= 11 is 0. The van der Waals surface area contributed by atoms with Crippen LogP contribution in [0.25, 0.3) is 0 Å². The van der Waals surface area contributed by atoms with Crippen molar-refractivity contribution < 1.29 is 23.1 Å². The second-order valence-corrected chi connectivity index (χ2v) is 4.11. The Morgan fingerprint density at radius 2 is 2.00 bits per heavy atom. The molecule has 1 aromatic carbocycles. The SMILES string of the molecule is C[N+](C)=CC(C(=O)OP)C(=O)c1ccccc1F. The zero-order valence-corrected chi connectivity index (χ0v) is 11.2. The van der Waals surface area contributed by atoms with Crippen LogP contribution in [0.5, 0.6) is 0 Å². The molecule has 0 bridgehead atoms. The smallest absolute Gasteiger partial charge is 0.329 e. The molecule has 0 aliphatic rings. The fourth-order valence-corrected chi connectivity index (χ4v) is 1.58. The highest BCUT2D eigenvalue weighted by Crippen LogP contribution is 2.14. The lowest BCUT2D eigenvalue weighted by molar-refractivity contribution is -0.461. The minimum atomic E-state index is -1.16. The van der Waals surface area contributed by atoms with Crippen molar-refractivity contribution in [1.29, 1.82) is 0 Å². The van der Waals surface area contributed by atoms with Gasteiger partial charge in [-0.05, 0) is 12.1 Å². The minimum absolute atomic E-state index is 0.129. The van der Waals surface area contributed by atoms with E-state index in [-0.39, 0.29) is 5.56 Å². The zero-order chi connectivity index (χ0) is 13.7. The minimum Gasteiger partial charge on any atom is -0.451 e. The first kappa shape index (κ1) is 14.5. The number of rotatable bonds is 4. The van der Waals surface area contributed by atoms with Gasteiger partial charge in [-0.25, -0.2) is 8.97 Å². The van der Waals surface area contributed by atoms with Gasteiger partial charge in [0.2, 0.25) is 0 Å². The fourth-order valence-electron chi connectivity index (χ4n) is 1.44. The third-order valence-electron chi connectivity index (χ3n) is 2.24. The van der Waals surface area contributed by atoms with Gasteiger partial charge in [-0.15, -0.1) is 0 Å². The van der Waals surface area contributed by atoms with Crippen molar-refractivity contribution >= 4 is 27.4 Å². The van der Waals surface area contributed by atoms with E-state index in [1.54, 1.807) is 28.1 Å². The summed E-state index contributed by atoms with van der Waals surface area (Å²) in [5.41, 5.74) is -0.129. The number of halogens is 1. The van der Waals surface area contributed by atoms with E-state index in [9.17, 15) is 14.0 Å². The predicted molar refractivity (Wildman–Crippen MR) is 68.2 cm³/mol. The Morgan fingerprint density at radius 3 is 2.50 bits per heavy atom. The van der Waals surface area contributed by atoms with E-state index in [2.05, 4.69) is 4.52 Å². The van der Waals surface area contributed by atoms with Gasteiger partial charge in [0, 0.05) is 0 Å². The van der Waals surface area contributed by atoms with Crippen molar-refractivity contribution in [2.45, 2.75) is 0 Å². The predicted octanol–water partition coefficient (Wildman–Crippen LogP) is 1.30. The van der Waals surface area contributed by atoms with Gasteiger partial charge in [0.15, 0.2) is 17.9 Å². The Morgan fingerprint density at radius 1 is 1.39 bits per heavy atom. The van der Waals surface area contributed by atoms with Crippen LogP contribution < -0.4 is 0 Å². The quantitative estimate of drug-likeness (QED) is 0.272. The summed E-state index contributed by atoms with van der Waals surface area (Å²) in [6.07, 6.45) is 1.38. The standard InChI is InChI=1S/C12H14FNO3P/c1-14(2)7-9(12(16)17-18)11(15)8-5-3-4-6-10(8)13/h3-7,9H,18H2,1-2H3/q+1. The van der Waals surface area contributed by atoms with E-state index in [1.165, 1.54) is 30.5 Å². The van der Waals surface area contributed by atoms with E-state index in [0.29, 0.717) is 0 Å². The normalized spacial score (nSPS) is 11.6. The van der Waals surface area contributed by atoms with Crippen molar-refractivity contribution in [3.8, 4) is 0 Å². The molecule has 6 heteroatoms. The van der Waals surface area contributed by atoms with Crippen molar-refractivity contribution in [2.24, 2.45) is 5.92 Å². The molecule has 4 nitrogen and oxygen atoms in total. The molecule has 0 heterocycles. The third kappa shape index (κ3) is 3.44. The number of hydrogen-bond donors (Lipinski definition) is 0. The summed E-state index contributed by atoms with van der Waals surface area (Å²) < 4.78 is 19.5. The Balaban J connectivity index is 3.15. The summed E-state index contributed by atoms with van der Waals surface area (Å²) in [5, 5.41) is 0. The monoisotopic (exact) mass is 270 g/mol. The summed E-state index contributed by atoms with van der Waals surface area (Å²) in [6, 6.07) is 5.52. The molecule has 1 rings (SSSR count). The van der Waals surface area contributed by atoms with Crippen molar-refractivity contribution in [3.63, 3.8) is 0 Å². The molecule has 0 N–H and O–H groups in total. The summed E-state index contributed by atoms with van der Waals surface area (Å²) in [5.74, 6) is -3.19. The summed E-state index contributed by atoms with van der Waals surface area (Å²) in [4.78, 5) is 23.6. The van der Waals surface area contributed by atoms with Gasteiger partial charge >= 0.3 is 5.97 Å². The average molecular weight is 270 g/mol. The van der Waals surface area contributed by atoms with Crippen LogP contribution in [0.4, 0.5) is 4.39 Å². The van der Waals surface area contributed by atoms with Crippen molar-refractivity contribution in [1.82, 2.24) is 0 Å². The number of hydrogen-bond acceptors (Lipinski definition) is 3. The van der Waals surface area contributed by atoms with E-state index < -0.39 is 23.5 Å². The molecular formula is C12H14FNO3P+. The van der Waals surface area contributed by atoms with Crippen LogP contribution in [0.2, 0.25) is 0 Å². The zero-order valence-electron chi connectivity index (χ0n) is 10.1. The van der Waals surface area contributed by atoms with Crippen LogP contribution in [0.3, 0.4) is 0 Å². The van der Waals surface area contributed by atoms with Crippen LogP contribution >= 0.6 is 9.47 Å². The first-order valence-electron chi connectivity index (χ1n) is 5.18. The number of benzene rings is 1. The molecule has 0 spiro atoms. The van der Waals surface area contributed by atoms with Crippen molar-refractivity contribution in [3.05, 3.63) is 35.6 Å². The second-order valence-electron chi connectivity index (χ2n) is 3.87. The van der Waals surface area contributed by atoms with Crippen LogP contribution in [0.15, 0.2) is 24.3 Å². The molecule has 0 radical (unpaired) electrons. The van der Waals surface area contributed by atoms with Gasteiger partial charge in [-0.1, -0.05) is 12.1 Å². The lowest BCUT2D eigenvalue weighted by Gasteiger charge is -2.08. The summed E-state index contributed by atoms with van der Waals surface area (Å²) in [7, 11) is 5.11.